The topological polar surface area (TPSA) is 67.8 Å². The fourth-order valence-electron chi connectivity index (χ4n) is 3.98. The number of aryl methyl sites for hydroxylation is 1. The van der Waals surface area contributed by atoms with E-state index in [0.29, 0.717) is 56.3 Å². The van der Waals surface area contributed by atoms with Crippen LogP contribution in [-0.2, 0) is 11.2 Å². The van der Waals surface area contributed by atoms with E-state index in [9.17, 15) is 9.18 Å². The third-order valence-corrected chi connectivity index (χ3v) is 5.49. The van der Waals surface area contributed by atoms with Crippen LogP contribution in [0.15, 0.2) is 24.5 Å². The minimum atomic E-state index is -0.505. The standard InChI is InChI=1S/C23H29FN4O3/c1-15-5-6-19(18(24)13-15)28-12-9-17-20(28)25-14-26-21(17)30-16-7-10-27(11-8-16)22(29)31-23(2,3)4/h5-6,13-14,16H,7-12H2,1-4H3. The van der Waals surface area contributed by atoms with E-state index in [1.807, 2.05) is 38.7 Å². The zero-order valence-corrected chi connectivity index (χ0v) is 18.5. The molecule has 0 aliphatic carbocycles. The van der Waals surface area contributed by atoms with Crippen molar-refractivity contribution in [1.82, 2.24) is 14.9 Å². The number of anilines is 2. The van der Waals surface area contributed by atoms with Crippen LogP contribution in [-0.4, -0.2) is 52.3 Å². The maximum Gasteiger partial charge on any atom is 0.410 e. The van der Waals surface area contributed by atoms with Crippen molar-refractivity contribution in [3.05, 3.63) is 41.5 Å². The fourth-order valence-corrected chi connectivity index (χ4v) is 3.98. The summed E-state index contributed by atoms with van der Waals surface area (Å²) < 4.78 is 26.2. The van der Waals surface area contributed by atoms with Crippen molar-refractivity contribution in [2.75, 3.05) is 24.5 Å². The average Bonchev–Trinajstić information content (AvgIpc) is 3.12. The molecule has 0 N–H and O–H groups in total. The van der Waals surface area contributed by atoms with Gasteiger partial charge in [0, 0.05) is 32.5 Å². The number of halogens is 1. The average molecular weight is 429 g/mol. The monoisotopic (exact) mass is 428 g/mol. The minimum absolute atomic E-state index is 0.0390. The molecule has 0 spiro atoms. The van der Waals surface area contributed by atoms with Gasteiger partial charge in [-0.15, -0.1) is 0 Å². The SMILES string of the molecule is Cc1ccc(N2CCc3c(OC4CCN(C(=O)OC(C)(C)C)CC4)ncnc32)c(F)c1. The maximum atomic E-state index is 14.5. The number of carbonyl (C=O) groups is 1. The lowest BCUT2D eigenvalue weighted by molar-refractivity contribution is 0.0122. The largest absolute Gasteiger partial charge is 0.474 e. The van der Waals surface area contributed by atoms with Crippen LogP contribution in [0.5, 0.6) is 5.88 Å². The molecule has 7 nitrogen and oxygen atoms in total. The van der Waals surface area contributed by atoms with E-state index >= 15 is 0 Å². The Morgan fingerprint density at radius 1 is 1.16 bits per heavy atom. The van der Waals surface area contributed by atoms with Gasteiger partial charge in [-0.2, -0.15) is 0 Å². The zero-order valence-electron chi connectivity index (χ0n) is 18.5. The number of nitrogens with zero attached hydrogens (tertiary/aromatic N) is 4. The molecule has 4 rings (SSSR count). The molecular formula is C23H29FN4O3. The van der Waals surface area contributed by atoms with Gasteiger partial charge in [-0.25, -0.2) is 19.2 Å². The second-order valence-corrected chi connectivity index (χ2v) is 9.12. The molecule has 1 aromatic heterocycles. The van der Waals surface area contributed by atoms with Gasteiger partial charge >= 0.3 is 6.09 Å². The lowest BCUT2D eigenvalue weighted by Crippen LogP contribution is -2.44. The van der Waals surface area contributed by atoms with Gasteiger partial charge < -0.3 is 19.3 Å². The molecule has 1 aromatic carbocycles. The Morgan fingerprint density at radius 3 is 2.58 bits per heavy atom. The number of benzene rings is 1. The van der Waals surface area contributed by atoms with Gasteiger partial charge in [0.05, 0.1) is 11.3 Å². The molecule has 1 fully saturated rings. The number of aromatic nitrogens is 2. The normalized spacial score (nSPS) is 16.9. The Hall–Kier alpha value is -2.90. The van der Waals surface area contributed by atoms with E-state index in [2.05, 4.69) is 9.97 Å². The van der Waals surface area contributed by atoms with Crippen LogP contribution in [0.2, 0.25) is 0 Å². The van der Waals surface area contributed by atoms with E-state index in [1.165, 1.54) is 12.4 Å². The van der Waals surface area contributed by atoms with Crippen molar-refractivity contribution in [3.63, 3.8) is 0 Å². The highest BCUT2D eigenvalue weighted by molar-refractivity contribution is 5.69. The van der Waals surface area contributed by atoms with Gasteiger partial charge in [0.2, 0.25) is 5.88 Å². The molecule has 1 amide bonds. The predicted octanol–water partition coefficient (Wildman–Crippen LogP) is 4.40. The maximum absolute atomic E-state index is 14.5. The number of rotatable bonds is 3. The van der Waals surface area contributed by atoms with E-state index in [4.69, 9.17) is 9.47 Å². The Kier molecular flexibility index (Phi) is 5.73. The van der Waals surface area contributed by atoms with Crippen LogP contribution in [0.1, 0.15) is 44.7 Å². The summed E-state index contributed by atoms with van der Waals surface area (Å²) in [6, 6.07) is 5.21. The Labute approximate surface area is 182 Å². The number of hydrogen-bond donors (Lipinski definition) is 0. The summed E-state index contributed by atoms with van der Waals surface area (Å²) in [7, 11) is 0. The van der Waals surface area contributed by atoms with Crippen molar-refractivity contribution in [1.29, 1.82) is 0 Å². The number of piperidine rings is 1. The number of ether oxygens (including phenoxy) is 2. The molecular weight excluding hydrogens is 399 g/mol. The smallest absolute Gasteiger partial charge is 0.410 e. The molecule has 1 saturated heterocycles. The van der Waals surface area contributed by atoms with Crippen LogP contribution in [0.3, 0.4) is 0 Å². The van der Waals surface area contributed by atoms with Crippen molar-refractivity contribution in [3.8, 4) is 5.88 Å². The predicted molar refractivity (Wildman–Crippen MR) is 115 cm³/mol. The third kappa shape index (κ3) is 4.73. The van der Waals surface area contributed by atoms with Crippen molar-refractivity contribution in [2.45, 2.75) is 58.7 Å². The molecule has 0 radical (unpaired) electrons. The highest BCUT2D eigenvalue weighted by Gasteiger charge is 2.31. The molecule has 2 aromatic rings. The number of likely N-dealkylation sites (tertiary alicyclic amines) is 1. The summed E-state index contributed by atoms with van der Waals surface area (Å²) in [5, 5.41) is 0. The molecule has 2 aliphatic heterocycles. The van der Waals surface area contributed by atoms with Crippen LogP contribution in [0.4, 0.5) is 20.7 Å². The van der Waals surface area contributed by atoms with Crippen molar-refractivity contribution < 1.29 is 18.7 Å². The number of hydrogen-bond acceptors (Lipinski definition) is 6. The first-order valence-electron chi connectivity index (χ1n) is 10.7. The second kappa shape index (κ2) is 8.32. The van der Waals surface area contributed by atoms with Crippen LogP contribution < -0.4 is 9.64 Å². The van der Waals surface area contributed by atoms with Gasteiger partial charge in [0.15, 0.2) is 0 Å². The number of amides is 1. The zero-order chi connectivity index (χ0) is 22.2. The third-order valence-electron chi connectivity index (χ3n) is 5.49. The number of carbonyl (C=O) groups excluding carboxylic acids is 1. The Balaban J connectivity index is 1.43. The lowest BCUT2D eigenvalue weighted by Gasteiger charge is -2.33. The number of fused-ring (bicyclic) bond motifs is 1. The van der Waals surface area contributed by atoms with Crippen LogP contribution in [0.25, 0.3) is 0 Å². The minimum Gasteiger partial charge on any atom is -0.474 e. The quantitative estimate of drug-likeness (QED) is 0.722. The van der Waals surface area contributed by atoms with Crippen LogP contribution in [0, 0.1) is 12.7 Å². The van der Waals surface area contributed by atoms with Gasteiger partial charge in [-0.05, 0) is 51.8 Å². The lowest BCUT2D eigenvalue weighted by atomic mass is 10.1. The summed E-state index contributed by atoms with van der Waals surface area (Å²) in [6.07, 6.45) is 3.24. The molecule has 2 aliphatic rings. The van der Waals surface area contributed by atoms with Gasteiger partial charge in [0.25, 0.3) is 0 Å². The van der Waals surface area contributed by atoms with Crippen molar-refractivity contribution in [2.24, 2.45) is 0 Å². The summed E-state index contributed by atoms with van der Waals surface area (Å²) in [6.45, 7) is 9.24. The summed E-state index contributed by atoms with van der Waals surface area (Å²) in [5.41, 5.74) is 1.79. The highest BCUT2D eigenvalue weighted by atomic mass is 19.1. The summed E-state index contributed by atoms with van der Waals surface area (Å²) in [4.78, 5) is 24.6. The first-order valence-corrected chi connectivity index (χ1v) is 10.7. The molecule has 3 heterocycles. The van der Waals surface area contributed by atoms with Gasteiger partial charge in [-0.3, -0.25) is 0 Å². The van der Waals surface area contributed by atoms with Gasteiger partial charge in [0.1, 0.15) is 29.7 Å². The Bertz CT molecular complexity index is 968. The summed E-state index contributed by atoms with van der Waals surface area (Å²) >= 11 is 0. The first kappa shape index (κ1) is 21.3. The molecule has 8 heteroatoms. The summed E-state index contributed by atoms with van der Waals surface area (Å²) in [5.74, 6) is 0.984. The first-order chi connectivity index (χ1) is 14.7. The second-order valence-electron chi connectivity index (χ2n) is 9.12. The molecule has 31 heavy (non-hydrogen) atoms. The highest BCUT2D eigenvalue weighted by Crippen LogP contribution is 2.38. The molecule has 0 atom stereocenters. The van der Waals surface area contributed by atoms with E-state index in [-0.39, 0.29) is 18.0 Å². The van der Waals surface area contributed by atoms with Gasteiger partial charge in [-0.1, -0.05) is 6.07 Å². The van der Waals surface area contributed by atoms with E-state index in [1.54, 1.807) is 11.0 Å². The van der Waals surface area contributed by atoms with E-state index < -0.39 is 5.60 Å². The molecule has 0 bridgehead atoms. The molecule has 166 valence electrons. The van der Waals surface area contributed by atoms with E-state index in [0.717, 1.165) is 11.1 Å². The fraction of sp³-hybridized carbons (Fsp3) is 0.522. The van der Waals surface area contributed by atoms with Crippen LogP contribution >= 0.6 is 0 Å². The molecule has 0 unspecified atom stereocenters. The molecule has 0 saturated carbocycles. The van der Waals surface area contributed by atoms with Crippen molar-refractivity contribution >= 4 is 17.6 Å². The Morgan fingerprint density at radius 2 is 1.90 bits per heavy atom.